The molecule has 0 aliphatic rings. The average Bonchev–Trinajstić information content (AvgIpc) is 2.29. The van der Waals surface area contributed by atoms with Crippen molar-refractivity contribution in [3.8, 4) is 11.1 Å². The van der Waals surface area contributed by atoms with E-state index in [1.807, 2.05) is 19.1 Å². The van der Waals surface area contributed by atoms with Crippen molar-refractivity contribution < 1.29 is 9.18 Å². The minimum atomic E-state index is -0.417. The molecule has 0 fully saturated rings. The van der Waals surface area contributed by atoms with E-state index in [0.717, 1.165) is 11.3 Å². The van der Waals surface area contributed by atoms with Crippen molar-refractivity contribution >= 4 is 6.29 Å². The summed E-state index contributed by atoms with van der Waals surface area (Å²) in [5, 5.41) is 0. The first-order chi connectivity index (χ1) is 7.69. The van der Waals surface area contributed by atoms with E-state index < -0.39 is 5.82 Å². The fraction of sp³-hybridized carbons (Fsp3) is 0.0769. The third-order valence-electron chi connectivity index (χ3n) is 2.30. The van der Waals surface area contributed by atoms with Gasteiger partial charge in [0, 0.05) is 23.0 Å². The van der Waals surface area contributed by atoms with Crippen molar-refractivity contribution in [1.29, 1.82) is 0 Å². The van der Waals surface area contributed by atoms with E-state index in [0.29, 0.717) is 17.4 Å². The molecule has 1 aromatic heterocycles. The molecule has 0 aliphatic carbocycles. The summed E-state index contributed by atoms with van der Waals surface area (Å²) < 4.78 is 13.2. The maximum Gasteiger partial charge on any atom is 0.150 e. The summed E-state index contributed by atoms with van der Waals surface area (Å²) in [6.07, 6.45) is 2.30. The van der Waals surface area contributed by atoms with Gasteiger partial charge >= 0.3 is 0 Å². The second kappa shape index (κ2) is 4.23. The number of hydrogen-bond donors (Lipinski definition) is 0. The molecule has 2 aromatic rings. The Hall–Kier alpha value is -2.03. The van der Waals surface area contributed by atoms with Crippen LogP contribution in [0.5, 0.6) is 0 Å². The first-order valence-corrected chi connectivity index (χ1v) is 4.88. The van der Waals surface area contributed by atoms with Gasteiger partial charge in [-0.25, -0.2) is 4.39 Å². The Morgan fingerprint density at radius 1 is 1.19 bits per heavy atom. The van der Waals surface area contributed by atoms with Crippen LogP contribution in [-0.2, 0) is 0 Å². The lowest BCUT2D eigenvalue weighted by Gasteiger charge is -2.03. The Morgan fingerprint density at radius 2 is 2.00 bits per heavy atom. The minimum absolute atomic E-state index is 0.329. The van der Waals surface area contributed by atoms with E-state index >= 15 is 0 Å². The number of benzene rings is 1. The lowest BCUT2D eigenvalue weighted by atomic mass is 10.0. The van der Waals surface area contributed by atoms with Crippen molar-refractivity contribution in [2.75, 3.05) is 0 Å². The van der Waals surface area contributed by atoms with Gasteiger partial charge in [0.2, 0.25) is 0 Å². The van der Waals surface area contributed by atoms with Gasteiger partial charge in [-0.05, 0) is 36.8 Å². The van der Waals surface area contributed by atoms with Gasteiger partial charge in [-0.15, -0.1) is 0 Å². The van der Waals surface area contributed by atoms with E-state index in [4.69, 9.17) is 0 Å². The van der Waals surface area contributed by atoms with Crippen LogP contribution < -0.4 is 0 Å². The zero-order chi connectivity index (χ0) is 11.5. The van der Waals surface area contributed by atoms with E-state index in [-0.39, 0.29) is 0 Å². The molecule has 16 heavy (non-hydrogen) atoms. The van der Waals surface area contributed by atoms with Crippen LogP contribution >= 0.6 is 0 Å². The molecule has 0 N–H and O–H groups in total. The molecule has 3 heteroatoms. The van der Waals surface area contributed by atoms with Gasteiger partial charge < -0.3 is 0 Å². The highest BCUT2D eigenvalue weighted by Gasteiger charge is 2.03. The molecule has 0 saturated heterocycles. The number of carbonyl (C=O) groups is 1. The van der Waals surface area contributed by atoms with Gasteiger partial charge in [0.25, 0.3) is 0 Å². The van der Waals surface area contributed by atoms with Gasteiger partial charge in [-0.3, -0.25) is 9.78 Å². The molecular formula is C13H10FNO. The average molecular weight is 215 g/mol. The molecule has 1 heterocycles. The predicted octanol–water partition coefficient (Wildman–Crippen LogP) is 3.01. The Morgan fingerprint density at radius 3 is 2.62 bits per heavy atom. The zero-order valence-corrected chi connectivity index (χ0v) is 8.77. The summed E-state index contributed by atoms with van der Waals surface area (Å²) >= 11 is 0. The quantitative estimate of drug-likeness (QED) is 0.721. The van der Waals surface area contributed by atoms with Gasteiger partial charge in [-0.2, -0.15) is 0 Å². The number of hydrogen-bond acceptors (Lipinski definition) is 2. The Bertz CT molecular complexity index is 520. The summed E-state index contributed by atoms with van der Waals surface area (Å²) in [7, 11) is 0. The lowest BCUT2D eigenvalue weighted by Crippen LogP contribution is -1.88. The molecule has 0 amide bonds. The molecule has 0 spiro atoms. The Kier molecular flexibility index (Phi) is 2.77. The smallest absolute Gasteiger partial charge is 0.150 e. The first kappa shape index (κ1) is 10.5. The third kappa shape index (κ3) is 2.14. The van der Waals surface area contributed by atoms with Gasteiger partial charge in [0.15, 0.2) is 0 Å². The highest BCUT2D eigenvalue weighted by Crippen LogP contribution is 2.20. The summed E-state index contributed by atoms with van der Waals surface area (Å²) in [5.74, 6) is -0.417. The van der Waals surface area contributed by atoms with Crippen molar-refractivity contribution in [1.82, 2.24) is 4.98 Å². The highest BCUT2D eigenvalue weighted by atomic mass is 19.1. The summed E-state index contributed by atoms with van der Waals surface area (Å²) in [6.45, 7) is 1.88. The molecule has 0 atom stereocenters. The van der Waals surface area contributed by atoms with Crippen LogP contribution in [-0.4, -0.2) is 11.3 Å². The third-order valence-corrected chi connectivity index (χ3v) is 2.30. The van der Waals surface area contributed by atoms with E-state index in [2.05, 4.69) is 4.98 Å². The van der Waals surface area contributed by atoms with Crippen molar-refractivity contribution in [3.05, 3.63) is 53.6 Å². The Balaban J connectivity index is 2.51. The molecule has 1 aromatic carbocycles. The van der Waals surface area contributed by atoms with Crippen LogP contribution in [0.15, 0.2) is 36.5 Å². The van der Waals surface area contributed by atoms with Gasteiger partial charge in [0.1, 0.15) is 12.1 Å². The standard InChI is InChI=1S/C13H10FNO/c1-9-2-3-11(7-15-9)12-4-10(8-16)5-13(14)6-12/h2-8H,1H3. The number of aldehydes is 1. The Labute approximate surface area is 92.8 Å². The van der Waals surface area contributed by atoms with Crippen LogP contribution in [0, 0.1) is 12.7 Å². The number of carbonyl (C=O) groups excluding carboxylic acids is 1. The maximum atomic E-state index is 13.2. The second-order valence-corrected chi connectivity index (χ2v) is 3.58. The highest BCUT2D eigenvalue weighted by molar-refractivity contribution is 5.78. The normalized spacial score (nSPS) is 10.1. The molecule has 0 saturated carbocycles. The van der Waals surface area contributed by atoms with E-state index in [1.165, 1.54) is 12.1 Å². The second-order valence-electron chi connectivity index (χ2n) is 3.58. The largest absolute Gasteiger partial charge is 0.298 e. The van der Waals surface area contributed by atoms with Crippen molar-refractivity contribution in [2.45, 2.75) is 6.92 Å². The van der Waals surface area contributed by atoms with Crippen LogP contribution in [0.3, 0.4) is 0 Å². The number of halogens is 1. The number of nitrogens with zero attached hydrogens (tertiary/aromatic N) is 1. The van der Waals surface area contributed by atoms with Gasteiger partial charge in [0.05, 0.1) is 0 Å². The molecule has 2 nitrogen and oxygen atoms in total. The monoisotopic (exact) mass is 215 g/mol. The van der Waals surface area contributed by atoms with E-state index in [1.54, 1.807) is 12.3 Å². The summed E-state index contributed by atoms with van der Waals surface area (Å²) in [4.78, 5) is 14.7. The molecule has 0 aliphatic heterocycles. The number of aromatic nitrogens is 1. The van der Waals surface area contributed by atoms with Crippen LogP contribution in [0.1, 0.15) is 16.1 Å². The first-order valence-electron chi connectivity index (χ1n) is 4.88. The van der Waals surface area contributed by atoms with E-state index in [9.17, 15) is 9.18 Å². The lowest BCUT2D eigenvalue weighted by molar-refractivity contribution is 0.112. The minimum Gasteiger partial charge on any atom is -0.298 e. The molecule has 0 bridgehead atoms. The van der Waals surface area contributed by atoms with Crippen molar-refractivity contribution in [2.24, 2.45) is 0 Å². The molecule has 0 unspecified atom stereocenters. The van der Waals surface area contributed by atoms with Crippen LogP contribution in [0.25, 0.3) is 11.1 Å². The van der Waals surface area contributed by atoms with Crippen LogP contribution in [0.4, 0.5) is 4.39 Å². The van der Waals surface area contributed by atoms with Gasteiger partial charge in [-0.1, -0.05) is 6.07 Å². The fourth-order valence-electron chi connectivity index (χ4n) is 1.49. The maximum absolute atomic E-state index is 13.2. The van der Waals surface area contributed by atoms with Crippen LogP contribution in [0.2, 0.25) is 0 Å². The molecular weight excluding hydrogens is 205 g/mol. The SMILES string of the molecule is Cc1ccc(-c2cc(F)cc(C=O)c2)cn1. The predicted molar refractivity (Wildman–Crippen MR) is 59.8 cm³/mol. The fourth-order valence-corrected chi connectivity index (χ4v) is 1.49. The number of rotatable bonds is 2. The molecule has 0 radical (unpaired) electrons. The zero-order valence-electron chi connectivity index (χ0n) is 8.77. The summed E-state index contributed by atoms with van der Waals surface area (Å²) in [6, 6.07) is 7.94. The van der Waals surface area contributed by atoms with Crippen molar-refractivity contribution in [3.63, 3.8) is 0 Å². The number of pyridine rings is 1. The number of aryl methyl sites for hydroxylation is 1. The topological polar surface area (TPSA) is 30.0 Å². The molecule has 2 rings (SSSR count). The molecule has 80 valence electrons. The summed E-state index contributed by atoms with van der Waals surface area (Å²) in [5.41, 5.74) is 2.69.